The van der Waals surface area contributed by atoms with Crippen LogP contribution < -0.4 is 5.32 Å². The summed E-state index contributed by atoms with van der Waals surface area (Å²) in [6.07, 6.45) is -3.80. The van der Waals surface area contributed by atoms with Crippen molar-refractivity contribution in [3.8, 4) is 0 Å². The molecule has 0 unspecified atom stereocenters. The summed E-state index contributed by atoms with van der Waals surface area (Å²) in [5, 5.41) is 12.5. The number of nitrogens with zero attached hydrogens (tertiary/aromatic N) is 1. The third-order valence-electron chi connectivity index (χ3n) is 8.02. The second kappa shape index (κ2) is 11.9. The molecule has 1 saturated carbocycles. The fourth-order valence-corrected chi connectivity index (χ4v) is 5.69. The van der Waals surface area contributed by atoms with E-state index in [-0.39, 0.29) is 5.91 Å². The molecule has 0 spiro atoms. The summed E-state index contributed by atoms with van der Waals surface area (Å²) < 4.78 is 78.6. The minimum atomic E-state index is -5.89. The summed E-state index contributed by atoms with van der Waals surface area (Å²) in [6.45, 7) is 1.92. The zero-order chi connectivity index (χ0) is 28.3. The van der Waals surface area contributed by atoms with Crippen LogP contribution in [0.4, 0.5) is 32.0 Å². The molecule has 2 aromatic carbocycles. The van der Waals surface area contributed by atoms with Gasteiger partial charge in [-0.1, -0.05) is 49.2 Å². The highest BCUT2D eigenvalue weighted by Crippen LogP contribution is 2.50. The Bertz CT molecular complexity index is 1070. The molecular formula is C29H34F6N2O2. The number of hydrogen-bond donors (Lipinski definition) is 2. The summed E-state index contributed by atoms with van der Waals surface area (Å²) in [5.74, 6) is 1.02. The number of carbonyl (C=O) groups excluding carboxylic acids is 1. The lowest BCUT2D eigenvalue weighted by Gasteiger charge is -2.33. The van der Waals surface area contributed by atoms with Gasteiger partial charge in [-0.3, -0.25) is 9.69 Å². The van der Waals surface area contributed by atoms with Gasteiger partial charge in [0.1, 0.15) is 0 Å². The van der Waals surface area contributed by atoms with E-state index in [2.05, 4.69) is 10.2 Å². The summed E-state index contributed by atoms with van der Waals surface area (Å²) in [5.41, 5.74) is -3.60. The zero-order valence-corrected chi connectivity index (χ0v) is 21.6. The van der Waals surface area contributed by atoms with Crippen LogP contribution in [0.3, 0.4) is 0 Å². The number of rotatable bonds is 8. The molecule has 2 aliphatic rings. The molecule has 0 bridgehead atoms. The number of piperidine rings is 1. The zero-order valence-electron chi connectivity index (χ0n) is 21.6. The predicted molar refractivity (Wildman–Crippen MR) is 136 cm³/mol. The molecule has 1 heterocycles. The largest absolute Gasteiger partial charge is 0.430 e. The molecule has 4 rings (SSSR count). The standard InChI is InChI=1S/C29H34F6N2O2/c30-28(31,32)27(39,29(33,34)35)24-9-5-23(6-10-24)19-37-15-13-22(14-16-37)17-21-7-11-25(12-8-21)36-26(38)18-20-3-1-2-4-20/h5-12,20,22,39H,1-4,13-19H2,(H,36,38). The molecule has 1 aliphatic carbocycles. The van der Waals surface area contributed by atoms with Crippen LogP contribution in [0.1, 0.15) is 61.6 Å². The van der Waals surface area contributed by atoms with Crippen LogP contribution in [0.25, 0.3) is 0 Å². The fourth-order valence-electron chi connectivity index (χ4n) is 5.69. The lowest BCUT2D eigenvalue weighted by molar-refractivity contribution is -0.376. The van der Waals surface area contributed by atoms with E-state index in [1.54, 1.807) is 0 Å². The highest BCUT2D eigenvalue weighted by atomic mass is 19.4. The summed E-state index contributed by atoms with van der Waals surface area (Å²) in [4.78, 5) is 14.4. The topological polar surface area (TPSA) is 52.6 Å². The molecule has 0 aromatic heterocycles. The quantitative estimate of drug-likeness (QED) is 0.345. The number of carbonyl (C=O) groups is 1. The van der Waals surface area contributed by atoms with Crippen LogP contribution in [0.2, 0.25) is 0 Å². The fraction of sp³-hybridized carbons (Fsp3) is 0.552. The minimum absolute atomic E-state index is 0.0630. The molecule has 2 fully saturated rings. The Morgan fingerprint density at radius 3 is 1.87 bits per heavy atom. The van der Waals surface area contributed by atoms with Crippen LogP contribution in [-0.2, 0) is 23.4 Å². The van der Waals surface area contributed by atoms with E-state index in [0.717, 1.165) is 50.9 Å². The first-order valence-corrected chi connectivity index (χ1v) is 13.4. The van der Waals surface area contributed by atoms with Crippen molar-refractivity contribution in [1.29, 1.82) is 0 Å². The number of halogens is 6. The number of nitrogens with one attached hydrogen (secondary N) is 1. The van der Waals surface area contributed by atoms with Crippen molar-refractivity contribution in [3.05, 3.63) is 65.2 Å². The highest BCUT2D eigenvalue weighted by Gasteiger charge is 2.71. The second-order valence-electron chi connectivity index (χ2n) is 10.9. The Labute approximate surface area is 224 Å². The van der Waals surface area contributed by atoms with Crippen LogP contribution in [0.5, 0.6) is 0 Å². The highest BCUT2D eigenvalue weighted by molar-refractivity contribution is 5.90. The lowest BCUT2D eigenvalue weighted by Crippen LogP contribution is -2.53. The van der Waals surface area contributed by atoms with E-state index in [9.17, 15) is 36.2 Å². The molecule has 2 aromatic rings. The van der Waals surface area contributed by atoms with E-state index < -0.39 is 23.5 Å². The molecule has 1 amide bonds. The van der Waals surface area contributed by atoms with Gasteiger partial charge in [0.25, 0.3) is 5.60 Å². The average Bonchev–Trinajstić information content (AvgIpc) is 3.38. The van der Waals surface area contributed by atoms with Crippen LogP contribution in [0, 0.1) is 11.8 Å². The maximum absolute atomic E-state index is 13.1. The normalized spacial score (nSPS) is 18.4. The van der Waals surface area contributed by atoms with E-state index >= 15 is 0 Å². The number of alkyl halides is 6. The van der Waals surface area contributed by atoms with Crippen LogP contribution >= 0.6 is 0 Å². The molecule has 10 heteroatoms. The molecule has 4 nitrogen and oxygen atoms in total. The van der Waals surface area contributed by atoms with Crippen molar-refractivity contribution in [1.82, 2.24) is 4.90 Å². The van der Waals surface area contributed by atoms with Crippen LogP contribution in [0.15, 0.2) is 48.5 Å². The first-order valence-electron chi connectivity index (χ1n) is 13.4. The molecule has 214 valence electrons. The Hall–Kier alpha value is -2.59. The first-order chi connectivity index (χ1) is 18.3. The summed E-state index contributed by atoms with van der Waals surface area (Å²) in [6, 6.07) is 11.7. The van der Waals surface area contributed by atoms with Gasteiger partial charge in [-0.05, 0) is 80.3 Å². The lowest BCUT2D eigenvalue weighted by atomic mass is 9.89. The Morgan fingerprint density at radius 1 is 0.795 bits per heavy atom. The van der Waals surface area contributed by atoms with Gasteiger partial charge in [0.15, 0.2) is 0 Å². The molecular weight excluding hydrogens is 522 g/mol. The average molecular weight is 557 g/mol. The van der Waals surface area contributed by atoms with E-state index in [4.69, 9.17) is 0 Å². The molecule has 39 heavy (non-hydrogen) atoms. The molecule has 0 radical (unpaired) electrons. The van der Waals surface area contributed by atoms with Gasteiger partial charge >= 0.3 is 12.4 Å². The maximum Gasteiger partial charge on any atom is 0.430 e. The number of benzene rings is 2. The second-order valence-corrected chi connectivity index (χ2v) is 10.9. The Balaban J connectivity index is 1.24. The number of likely N-dealkylation sites (tertiary alicyclic amines) is 1. The van der Waals surface area contributed by atoms with Gasteiger partial charge in [0, 0.05) is 24.2 Å². The van der Waals surface area contributed by atoms with Gasteiger partial charge < -0.3 is 10.4 Å². The number of amides is 1. The molecule has 2 N–H and O–H groups in total. The van der Waals surface area contributed by atoms with E-state index in [1.165, 1.54) is 30.5 Å². The SMILES string of the molecule is O=C(CC1CCCC1)Nc1ccc(CC2CCN(Cc3ccc(C(O)(C(F)(F)F)C(F)(F)F)cc3)CC2)cc1. The summed E-state index contributed by atoms with van der Waals surface area (Å²) in [7, 11) is 0. The minimum Gasteiger partial charge on any atom is -0.369 e. The van der Waals surface area contributed by atoms with Crippen LogP contribution in [-0.4, -0.2) is 41.4 Å². The molecule has 0 atom stereocenters. The number of hydrogen-bond acceptors (Lipinski definition) is 3. The van der Waals surface area contributed by atoms with Gasteiger partial charge in [0.2, 0.25) is 5.91 Å². The van der Waals surface area contributed by atoms with Crippen molar-refractivity contribution >= 4 is 11.6 Å². The smallest absolute Gasteiger partial charge is 0.369 e. The van der Waals surface area contributed by atoms with E-state index in [1.807, 2.05) is 24.3 Å². The van der Waals surface area contributed by atoms with Crippen molar-refractivity contribution < 1.29 is 36.2 Å². The van der Waals surface area contributed by atoms with Crippen molar-refractivity contribution in [2.24, 2.45) is 11.8 Å². The summed E-state index contributed by atoms with van der Waals surface area (Å²) >= 11 is 0. The van der Waals surface area contributed by atoms with Crippen molar-refractivity contribution in [3.63, 3.8) is 0 Å². The third-order valence-corrected chi connectivity index (χ3v) is 8.02. The molecule has 1 saturated heterocycles. The Kier molecular flexibility index (Phi) is 8.95. The Morgan fingerprint density at radius 2 is 1.33 bits per heavy atom. The third kappa shape index (κ3) is 7.14. The van der Waals surface area contributed by atoms with E-state index in [0.29, 0.717) is 42.5 Å². The van der Waals surface area contributed by atoms with Crippen molar-refractivity contribution in [2.45, 2.75) is 75.9 Å². The van der Waals surface area contributed by atoms with Gasteiger partial charge in [-0.2, -0.15) is 26.3 Å². The van der Waals surface area contributed by atoms with Gasteiger partial charge in [-0.25, -0.2) is 0 Å². The van der Waals surface area contributed by atoms with Crippen molar-refractivity contribution in [2.75, 3.05) is 18.4 Å². The number of aliphatic hydroxyl groups is 1. The number of anilines is 1. The molecule has 1 aliphatic heterocycles. The van der Waals surface area contributed by atoms with Gasteiger partial charge in [0.05, 0.1) is 0 Å². The predicted octanol–water partition coefficient (Wildman–Crippen LogP) is 6.97. The van der Waals surface area contributed by atoms with Gasteiger partial charge in [-0.15, -0.1) is 0 Å². The maximum atomic E-state index is 13.1. The first kappa shape index (κ1) is 29.4. The monoisotopic (exact) mass is 556 g/mol.